The van der Waals surface area contributed by atoms with Gasteiger partial charge in [-0.05, 0) is 38.0 Å². The summed E-state index contributed by atoms with van der Waals surface area (Å²) in [5.74, 6) is -0.412. The van der Waals surface area contributed by atoms with Crippen LogP contribution in [0.25, 0.3) is 0 Å². The fourth-order valence-electron chi connectivity index (χ4n) is 2.90. The number of nitrogens with zero attached hydrogens (tertiary/aromatic N) is 2. The van der Waals surface area contributed by atoms with E-state index >= 15 is 0 Å². The molecule has 2 unspecified atom stereocenters. The first kappa shape index (κ1) is 15.1. The van der Waals surface area contributed by atoms with E-state index in [1.54, 1.807) is 6.07 Å². The number of aryl methyl sites for hydroxylation is 2. The number of rotatable bonds is 3. The van der Waals surface area contributed by atoms with Crippen molar-refractivity contribution >= 4 is 0 Å². The molecule has 4 nitrogen and oxygen atoms in total. The maximum Gasteiger partial charge on any atom is 0.208 e. The fourth-order valence-corrected chi connectivity index (χ4v) is 2.90. The largest absolute Gasteiger partial charge is 0.444 e. The Hall–Kier alpha value is -1.79. The normalized spacial score (nSPS) is 22.4. The Labute approximate surface area is 127 Å². The molecule has 2 atom stereocenters. The third-order valence-electron chi connectivity index (χ3n) is 4.12. The van der Waals surface area contributed by atoms with Crippen LogP contribution in [0.5, 0.6) is 0 Å². The molecular weight excluding hydrogens is 290 g/mol. The van der Waals surface area contributed by atoms with E-state index in [-0.39, 0.29) is 6.04 Å². The lowest BCUT2D eigenvalue weighted by atomic mass is 10.0. The number of hydrogen-bond acceptors (Lipinski definition) is 4. The first-order chi connectivity index (χ1) is 10.4. The average molecular weight is 308 g/mol. The third kappa shape index (κ3) is 2.89. The number of oxazole rings is 1. The number of aromatic nitrogens is 1. The summed E-state index contributed by atoms with van der Waals surface area (Å²) in [6.45, 7) is 4.59. The Morgan fingerprint density at radius 3 is 2.73 bits per heavy atom. The maximum absolute atomic E-state index is 13.5. The molecule has 1 N–H and O–H groups in total. The molecule has 2 aromatic rings. The highest BCUT2D eigenvalue weighted by atomic mass is 19.2. The topological polar surface area (TPSA) is 49.5 Å². The van der Waals surface area contributed by atoms with Gasteiger partial charge in [-0.25, -0.2) is 13.8 Å². The van der Waals surface area contributed by atoms with Gasteiger partial charge in [-0.2, -0.15) is 0 Å². The van der Waals surface area contributed by atoms with Crippen molar-refractivity contribution in [3.8, 4) is 0 Å². The van der Waals surface area contributed by atoms with Gasteiger partial charge in [0, 0.05) is 12.6 Å². The van der Waals surface area contributed by atoms with E-state index in [4.69, 9.17) is 4.42 Å². The van der Waals surface area contributed by atoms with Crippen molar-refractivity contribution in [2.45, 2.75) is 39.0 Å². The second-order valence-corrected chi connectivity index (χ2v) is 5.76. The first-order valence-electron chi connectivity index (χ1n) is 7.24. The predicted octanol–water partition coefficient (Wildman–Crippen LogP) is 2.88. The lowest BCUT2D eigenvalue weighted by Crippen LogP contribution is -2.24. The van der Waals surface area contributed by atoms with E-state index in [1.807, 2.05) is 18.7 Å². The van der Waals surface area contributed by atoms with Crippen LogP contribution in [0, 0.1) is 25.5 Å². The number of aliphatic hydroxyl groups excluding tert-OH is 1. The standard InChI is InChI=1S/C16H18F2N2O2/c1-9-10(2)22-16(19-9)8-20-7-12(21)6-15(20)11-3-4-13(17)14(18)5-11/h3-5,12,15,21H,6-8H2,1-2H3. The smallest absolute Gasteiger partial charge is 0.208 e. The van der Waals surface area contributed by atoms with E-state index in [0.717, 1.165) is 17.5 Å². The van der Waals surface area contributed by atoms with Crippen LogP contribution in [-0.4, -0.2) is 27.6 Å². The van der Waals surface area contributed by atoms with Crippen LogP contribution >= 0.6 is 0 Å². The van der Waals surface area contributed by atoms with Gasteiger partial charge < -0.3 is 9.52 Å². The molecule has 0 amide bonds. The van der Waals surface area contributed by atoms with Crippen LogP contribution in [0.1, 0.15) is 35.4 Å². The van der Waals surface area contributed by atoms with Gasteiger partial charge in [0.1, 0.15) is 5.76 Å². The molecule has 118 valence electrons. The van der Waals surface area contributed by atoms with Gasteiger partial charge in [0.2, 0.25) is 5.89 Å². The van der Waals surface area contributed by atoms with Crippen LogP contribution < -0.4 is 0 Å². The summed E-state index contributed by atoms with van der Waals surface area (Å²) in [5.41, 5.74) is 1.48. The number of hydrogen-bond donors (Lipinski definition) is 1. The lowest BCUT2D eigenvalue weighted by Gasteiger charge is -2.23. The zero-order valence-corrected chi connectivity index (χ0v) is 12.5. The van der Waals surface area contributed by atoms with E-state index in [1.165, 1.54) is 6.07 Å². The van der Waals surface area contributed by atoms with Gasteiger partial charge >= 0.3 is 0 Å². The summed E-state index contributed by atoms with van der Waals surface area (Å²) in [4.78, 5) is 6.31. The number of benzene rings is 1. The molecule has 1 aromatic carbocycles. The van der Waals surface area contributed by atoms with E-state index in [2.05, 4.69) is 4.98 Å². The first-order valence-corrected chi connectivity index (χ1v) is 7.24. The summed E-state index contributed by atoms with van der Waals surface area (Å²) in [6, 6.07) is 3.68. The molecule has 1 aliphatic rings. The van der Waals surface area contributed by atoms with Crippen molar-refractivity contribution in [3.05, 3.63) is 52.7 Å². The van der Waals surface area contributed by atoms with Crippen LogP contribution in [-0.2, 0) is 6.54 Å². The Morgan fingerprint density at radius 1 is 1.32 bits per heavy atom. The van der Waals surface area contributed by atoms with Crippen LogP contribution in [0.4, 0.5) is 8.78 Å². The minimum atomic E-state index is -0.873. The van der Waals surface area contributed by atoms with Crippen molar-refractivity contribution in [1.82, 2.24) is 9.88 Å². The summed E-state index contributed by atoms with van der Waals surface area (Å²) in [5, 5.41) is 9.93. The number of halogens is 2. The van der Waals surface area contributed by atoms with Crippen LogP contribution in [0.2, 0.25) is 0 Å². The summed E-state index contributed by atoms with van der Waals surface area (Å²) in [6.07, 6.45) is -0.0284. The van der Waals surface area contributed by atoms with E-state index in [0.29, 0.717) is 31.0 Å². The lowest BCUT2D eigenvalue weighted by molar-refractivity contribution is 0.167. The number of β-amino-alcohol motifs (C(OH)–C–C–N with tert-alkyl or cyclic N) is 1. The van der Waals surface area contributed by atoms with Crippen molar-refractivity contribution in [3.63, 3.8) is 0 Å². The highest BCUT2D eigenvalue weighted by Gasteiger charge is 2.33. The number of aliphatic hydroxyl groups is 1. The van der Waals surface area contributed by atoms with Crippen molar-refractivity contribution < 1.29 is 18.3 Å². The van der Waals surface area contributed by atoms with E-state index in [9.17, 15) is 13.9 Å². The monoisotopic (exact) mass is 308 g/mol. The third-order valence-corrected chi connectivity index (χ3v) is 4.12. The SMILES string of the molecule is Cc1nc(CN2CC(O)CC2c2ccc(F)c(F)c2)oc1C. The van der Waals surface area contributed by atoms with Crippen LogP contribution in [0.15, 0.2) is 22.6 Å². The highest BCUT2D eigenvalue weighted by Crippen LogP contribution is 2.34. The van der Waals surface area contributed by atoms with Gasteiger partial charge in [0.05, 0.1) is 18.3 Å². The van der Waals surface area contributed by atoms with Crippen molar-refractivity contribution in [2.24, 2.45) is 0 Å². The summed E-state index contributed by atoms with van der Waals surface area (Å²) >= 11 is 0. The molecule has 1 fully saturated rings. The molecule has 0 radical (unpaired) electrons. The Bertz CT molecular complexity index is 667. The predicted molar refractivity (Wildman–Crippen MR) is 76.1 cm³/mol. The minimum Gasteiger partial charge on any atom is -0.444 e. The molecule has 0 bridgehead atoms. The molecule has 0 aliphatic carbocycles. The molecule has 22 heavy (non-hydrogen) atoms. The molecule has 3 rings (SSSR count). The average Bonchev–Trinajstić information content (AvgIpc) is 2.96. The van der Waals surface area contributed by atoms with Crippen molar-refractivity contribution in [1.29, 1.82) is 0 Å². The Balaban J connectivity index is 1.83. The summed E-state index contributed by atoms with van der Waals surface area (Å²) < 4.78 is 32.1. The zero-order valence-electron chi connectivity index (χ0n) is 12.5. The molecule has 0 spiro atoms. The quantitative estimate of drug-likeness (QED) is 0.947. The molecule has 6 heteroatoms. The van der Waals surface area contributed by atoms with Crippen LogP contribution in [0.3, 0.4) is 0 Å². The molecule has 1 aliphatic heterocycles. The molecule has 1 saturated heterocycles. The highest BCUT2D eigenvalue weighted by molar-refractivity contribution is 5.23. The maximum atomic E-state index is 13.5. The van der Waals surface area contributed by atoms with Gasteiger partial charge in [0.15, 0.2) is 11.6 Å². The molecule has 0 saturated carbocycles. The van der Waals surface area contributed by atoms with E-state index < -0.39 is 17.7 Å². The second-order valence-electron chi connectivity index (χ2n) is 5.76. The zero-order chi connectivity index (χ0) is 15.9. The van der Waals surface area contributed by atoms with Crippen molar-refractivity contribution in [2.75, 3.05) is 6.54 Å². The van der Waals surface area contributed by atoms with Gasteiger partial charge in [-0.3, -0.25) is 4.90 Å². The molecule has 2 heterocycles. The molecule has 1 aromatic heterocycles. The summed E-state index contributed by atoms with van der Waals surface area (Å²) in [7, 11) is 0. The minimum absolute atomic E-state index is 0.183. The Kier molecular flexibility index (Phi) is 3.97. The fraction of sp³-hybridized carbons (Fsp3) is 0.438. The second kappa shape index (κ2) is 5.78. The van der Waals surface area contributed by atoms with Gasteiger partial charge in [0.25, 0.3) is 0 Å². The van der Waals surface area contributed by atoms with Gasteiger partial charge in [-0.1, -0.05) is 6.07 Å². The Morgan fingerprint density at radius 2 is 2.09 bits per heavy atom. The number of likely N-dealkylation sites (tertiary alicyclic amines) is 1. The van der Waals surface area contributed by atoms with Gasteiger partial charge in [-0.15, -0.1) is 0 Å². The molecular formula is C16H18F2N2O2.